The molecule has 1 atom stereocenters. The highest BCUT2D eigenvalue weighted by atomic mass is 16.2. The van der Waals surface area contributed by atoms with Crippen LogP contribution in [0.1, 0.15) is 49.7 Å². The molecule has 3 rings (SSSR count). The Morgan fingerprint density at radius 1 is 1.08 bits per heavy atom. The van der Waals surface area contributed by atoms with E-state index in [2.05, 4.69) is 28.4 Å². The number of primary amides is 1. The van der Waals surface area contributed by atoms with Gasteiger partial charge in [0.05, 0.1) is 5.92 Å². The fourth-order valence-electron chi connectivity index (χ4n) is 4.05. The molecule has 25 heavy (non-hydrogen) atoms. The van der Waals surface area contributed by atoms with Crippen molar-refractivity contribution in [2.45, 2.75) is 51.6 Å². The topological polar surface area (TPSA) is 75.4 Å². The average molecular weight is 343 g/mol. The number of hydrogen-bond donors (Lipinski definition) is 2. The molecule has 1 aliphatic carbocycles. The van der Waals surface area contributed by atoms with Gasteiger partial charge in [0.25, 0.3) is 0 Å². The summed E-state index contributed by atoms with van der Waals surface area (Å²) in [6.07, 6.45) is 6.33. The predicted octanol–water partition coefficient (Wildman–Crippen LogP) is 2.19. The van der Waals surface area contributed by atoms with Gasteiger partial charge < -0.3 is 11.1 Å². The maximum absolute atomic E-state index is 12.2. The third kappa shape index (κ3) is 5.05. The minimum atomic E-state index is -0.187. The number of likely N-dealkylation sites (tertiary alicyclic amines) is 1. The van der Waals surface area contributed by atoms with Crippen molar-refractivity contribution >= 4 is 11.8 Å². The molecule has 2 amide bonds. The lowest BCUT2D eigenvalue weighted by Gasteiger charge is -2.31. The van der Waals surface area contributed by atoms with Gasteiger partial charge in [-0.2, -0.15) is 0 Å². The minimum Gasteiger partial charge on any atom is -0.369 e. The Kier molecular flexibility index (Phi) is 6.08. The number of nitrogens with one attached hydrogen (secondary N) is 1. The number of hydrogen-bond acceptors (Lipinski definition) is 3. The van der Waals surface area contributed by atoms with Crippen molar-refractivity contribution in [1.82, 2.24) is 10.2 Å². The summed E-state index contributed by atoms with van der Waals surface area (Å²) >= 11 is 0. The molecule has 1 saturated heterocycles. The van der Waals surface area contributed by atoms with Gasteiger partial charge in [0.15, 0.2) is 0 Å². The molecular weight excluding hydrogens is 314 g/mol. The highest BCUT2D eigenvalue weighted by Gasteiger charge is 2.24. The summed E-state index contributed by atoms with van der Waals surface area (Å²) in [6.45, 7) is 3.17. The first-order valence-corrected chi connectivity index (χ1v) is 9.49. The fraction of sp³-hybridized carbons (Fsp3) is 0.600. The van der Waals surface area contributed by atoms with E-state index in [9.17, 15) is 9.59 Å². The van der Waals surface area contributed by atoms with Crippen molar-refractivity contribution in [1.29, 1.82) is 0 Å². The quantitative estimate of drug-likeness (QED) is 0.831. The van der Waals surface area contributed by atoms with E-state index in [4.69, 9.17) is 5.73 Å². The van der Waals surface area contributed by atoms with Crippen LogP contribution in [-0.2, 0) is 22.7 Å². The fourth-order valence-corrected chi connectivity index (χ4v) is 4.05. The molecule has 1 aromatic carbocycles. The number of piperidine rings is 1. The van der Waals surface area contributed by atoms with Gasteiger partial charge >= 0.3 is 0 Å². The normalized spacial score (nSPS) is 22.0. The second-order valence-corrected chi connectivity index (χ2v) is 7.50. The van der Waals surface area contributed by atoms with Gasteiger partial charge in [0.1, 0.15) is 0 Å². The number of nitrogens with zero attached hydrogens (tertiary/aromatic N) is 1. The van der Waals surface area contributed by atoms with Crippen molar-refractivity contribution < 1.29 is 9.59 Å². The van der Waals surface area contributed by atoms with Crippen LogP contribution in [0.15, 0.2) is 24.3 Å². The van der Waals surface area contributed by atoms with Gasteiger partial charge in [-0.05, 0) is 43.4 Å². The standard InChI is InChI=1S/C20H29N3O2/c21-19(24)18-9-4-10-23(14-18)13-16-6-3-5-15(11-16)12-22-20(25)17-7-1-2-8-17/h3,5-6,11,17-18H,1-2,4,7-10,12-14H2,(H2,21,24)(H,22,25)/t18-/m1/s1. The average Bonchev–Trinajstić information content (AvgIpc) is 3.15. The Morgan fingerprint density at radius 2 is 1.80 bits per heavy atom. The summed E-state index contributed by atoms with van der Waals surface area (Å²) in [5.74, 6) is 0.196. The van der Waals surface area contributed by atoms with Gasteiger partial charge in [-0.1, -0.05) is 37.1 Å². The highest BCUT2D eigenvalue weighted by molar-refractivity contribution is 5.78. The summed E-state index contributed by atoms with van der Waals surface area (Å²) in [5.41, 5.74) is 7.81. The Hall–Kier alpha value is -1.88. The zero-order chi connectivity index (χ0) is 17.6. The summed E-state index contributed by atoms with van der Waals surface area (Å²) in [6, 6.07) is 8.36. The lowest BCUT2D eigenvalue weighted by molar-refractivity contribution is -0.125. The predicted molar refractivity (Wildman–Crippen MR) is 97.4 cm³/mol. The van der Waals surface area contributed by atoms with Crippen LogP contribution in [0.2, 0.25) is 0 Å². The molecule has 1 saturated carbocycles. The third-order valence-corrected chi connectivity index (χ3v) is 5.50. The van der Waals surface area contributed by atoms with Crippen LogP contribution in [0, 0.1) is 11.8 Å². The van der Waals surface area contributed by atoms with Crippen LogP contribution >= 0.6 is 0 Å². The van der Waals surface area contributed by atoms with E-state index in [1.165, 1.54) is 18.4 Å². The Morgan fingerprint density at radius 3 is 2.56 bits per heavy atom. The van der Waals surface area contributed by atoms with Gasteiger partial charge in [0, 0.05) is 25.6 Å². The van der Waals surface area contributed by atoms with E-state index in [-0.39, 0.29) is 23.7 Å². The summed E-state index contributed by atoms with van der Waals surface area (Å²) in [4.78, 5) is 25.9. The largest absolute Gasteiger partial charge is 0.369 e. The number of benzene rings is 1. The Balaban J connectivity index is 1.52. The monoisotopic (exact) mass is 343 g/mol. The number of carbonyl (C=O) groups excluding carboxylic acids is 2. The molecule has 3 N–H and O–H groups in total. The second-order valence-electron chi connectivity index (χ2n) is 7.50. The molecule has 136 valence electrons. The molecule has 0 bridgehead atoms. The van der Waals surface area contributed by atoms with Crippen molar-refractivity contribution in [3.63, 3.8) is 0 Å². The molecule has 0 radical (unpaired) electrons. The molecule has 1 aromatic rings. The lowest BCUT2D eigenvalue weighted by atomic mass is 9.97. The summed E-state index contributed by atoms with van der Waals surface area (Å²) in [5, 5.41) is 3.08. The van der Waals surface area contributed by atoms with Crippen LogP contribution in [0.25, 0.3) is 0 Å². The van der Waals surface area contributed by atoms with E-state index in [1.807, 2.05) is 6.07 Å². The molecule has 2 aliphatic rings. The molecule has 0 spiro atoms. The van der Waals surface area contributed by atoms with Crippen LogP contribution < -0.4 is 11.1 Å². The third-order valence-electron chi connectivity index (χ3n) is 5.50. The lowest BCUT2D eigenvalue weighted by Crippen LogP contribution is -2.40. The van der Waals surface area contributed by atoms with Gasteiger partial charge in [-0.15, -0.1) is 0 Å². The van der Waals surface area contributed by atoms with Crippen molar-refractivity contribution in [3.05, 3.63) is 35.4 Å². The summed E-state index contributed by atoms with van der Waals surface area (Å²) < 4.78 is 0. The molecular formula is C20H29N3O2. The van der Waals surface area contributed by atoms with Gasteiger partial charge in [-0.3, -0.25) is 14.5 Å². The van der Waals surface area contributed by atoms with E-state index in [0.29, 0.717) is 6.54 Å². The van der Waals surface area contributed by atoms with E-state index in [0.717, 1.165) is 50.9 Å². The van der Waals surface area contributed by atoms with Crippen LogP contribution in [-0.4, -0.2) is 29.8 Å². The Bertz CT molecular complexity index is 611. The Labute approximate surface area is 150 Å². The molecule has 1 aliphatic heterocycles. The minimum absolute atomic E-state index is 0.0253. The first-order valence-electron chi connectivity index (χ1n) is 9.49. The molecule has 2 fully saturated rings. The second kappa shape index (κ2) is 8.48. The number of rotatable bonds is 6. The maximum atomic E-state index is 12.2. The van der Waals surface area contributed by atoms with Crippen LogP contribution in [0.4, 0.5) is 0 Å². The van der Waals surface area contributed by atoms with Crippen LogP contribution in [0.5, 0.6) is 0 Å². The smallest absolute Gasteiger partial charge is 0.223 e. The van der Waals surface area contributed by atoms with Gasteiger partial charge in [0.2, 0.25) is 11.8 Å². The van der Waals surface area contributed by atoms with Gasteiger partial charge in [-0.25, -0.2) is 0 Å². The van der Waals surface area contributed by atoms with Crippen LogP contribution in [0.3, 0.4) is 0 Å². The van der Waals surface area contributed by atoms with Crippen molar-refractivity contribution in [2.75, 3.05) is 13.1 Å². The maximum Gasteiger partial charge on any atom is 0.223 e. The number of amides is 2. The van der Waals surface area contributed by atoms with E-state index < -0.39 is 0 Å². The highest BCUT2D eigenvalue weighted by Crippen LogP contribution is 2.24. The zero-order valence-electron chi connectivity index (χ0n) is 14.9. The zero-order valence-corrected chi connectivity index (χ0v) is 14.9. The van der Waals surface area contributed by atoms with E-state index in [1.54, 1.807) is 0 Å². The first kappa shape index (κ1) is 17.9. The van der Waals surface area contributed by atoms with Crippen molar-refractivity contribution in [2.24, 2.45) is 17.6 Å². The molecule has 0 aromatic heterocycles. The molecule has 5 nitrogen and oxygen atoms in total. The van der Waals surface area contributed by atoms with E-state index >= 15 is 0 Å². The number of carbonyl (C=O) groups is 2. The molecule has 0 unspecified atom stereocenters. The van der Waals surface area contributed by atoms with Crippen molar-refractivity contribution in [3.8, 4) is 0 Å². The summed E-state index contributed by atoms with van der Waals surface area (Å²) in [7, 11) is 0. The number of nitrogens with two attached hydrogens (primary N) is 1. The SMILES string of the molecule is NC(=O)[C@@H]1CCCN(Cc2cccc(CNC(=O)C3CCCC3)c2)C1. The molecule has 5 heteroatoms. The first-order chi connectivity index (χ1) is 12.1. The molecule has 1 heterocycles.